The van der Waals surface area contributed by atoms with Crippen LogP contribution in [-0.2, 0) is 13.0 Å². The molecule has 0 saturated heterocycles. The van der Waals surface area contributed by atoms with Crippen molar-refractivity contribution in [2.24, 2.45) is 4.99 Å². The number of nitrogens with zero attached hydrogens (tertiary/aromatic N) is 1. The quantitative estimate of drug-likeness (QED) is 0.850. The van der Waals surface area contributed by atoms with E-state index in [1.165, 1.54) is 5.56 Å². The number of benzene rings is 2. The molecular formula is C18H19NO3. The first kappa shape index (κ1) is 14.4. The predicted octanol–water partition coefficient (Wildman–Crippen LogP) is 3.26. The van der Waals surface area contributed by atoms with E-state index in [1.807, 2.05) is 42.6 Å². The summed E-state index contributed by atoms with van der Waals surface area (Å²) in [6, 6.07) is 12.1. The summed E-state index contributed by atoms with van der Waals surface area (Å²) in [6.45, 7) is 1.27. The monoisotopic (exact) mass is 297 g/mol. The minimum atomic E-state index is 0.477. The molecule has 0 amide bonds. The molecule has 0 radical (unpaired) electrons. The molecule has 0 bridgehead atoms. The molecule has 4 heteroatoms. The van der Waals surface area contributed by atoms with Crippen LogP contribution in [0.3, 0.4) is 0 Å². The molecule has 4 nitrogen and oxygen atoms in total. The van der Waals surface area contributed by atoms with Gasteiger partial charge in [-0.05, 0) is 23.6 Å². The SMILES string of the molecule is COc1cc2c(c(OCc3ccccc3)c1OC)C=NCC2. The standard InChI is InChI=1S/C18H19NO3/c1-20-16-10-14-8-9-19-11-15(14)17(18(16)21-2)22-12-13-6-4-3-5-7-13/h3-7,10-11H,8-9,12H2,1-2H3. The molecule has 1 aliphatic rings. The van der Waals surface area contributed by atoms with Gasteiger partial charge >= 0.3 is 0 Å². The Kier molecular flexibility index (Phi) is 4.28. The summed E-state index contributed by atoms with van der Waals surface area (Å²) in [5, 5.41) is 0. The average molecular weight is 297 g/mol. The summed E-state index contributed by atoms with van der Waals surface area (Å²) in [5.41, 5.74) is 3.27. The van der Waals surface area contributed by atoms with Crippen molar-refractivity contribution in [2.75, 3.05) is 20.8 Å². The molecule has 0 aliphatic carbocycles. The van der Waals surface area contributed by atoms with Gasteiger partial charge in [0.15, 0.2) is 11.5 Å². The van der Waals surface area contributed by atoms with Gasteiger partial charge in [0.05, 0.1) is 14.2 Å². The second-order valence-corrected chi connectivity index (χ2v) is 5.07. The molecule has 1 heterocycles. The van der Waals surface area contributed by atoms with E-state index in [1.54, 1.807) is 14.2 Å². The van der Waals surface area contributed by atoms with Crippen LogP contribution in [0.1, 0.15) is 16.7 Å². The lowest BCUT2D eigenvalue weighted by molar-refractivity contribution is 0.274. The van der Waals surface area contributed by atoms with Gasteiger partial charge in [0.1, 0.15) is 6.61 Å². The Labute approximate surface area is 130 Å². The van der Waals surface area contributed by atoms with Crippen LogP contribution in [0.5, 0.6) is 17.2 Å². The maximum Gasteiger partial charge on any atom is 0.204 e. The Balaban J connectivity index is 1.99. The predicted molar refractivity (Wildman–Crippen MR) is 86.5 cm³/mol. The molecule has 0 N–H and O–H groups in total. The number of fused-ring (bicyclic) bond motifs is 1. The van der Waals surface area contributed by atoms with Crippen LogP contribution in [0.15, 0.2) is 41.4 Å². The molecule has 1 aliphatic heterocycles. The maximum atomic E-state index is 6.06. The molecule has 2 aromatic carbocycles. The van der Waals surface area contributed by atoms with Crippen LogP contribution in [0, 0.1) is 0 Å². The van der Waals surface area contributed by atoms with Crippen molar-refractivity contribution in [3.8, 4) is 17.2 Å². The van der Waals surface area contributed by atoms with Crippen molar-refractivity contribution in [3.05, 3.63) is 53.1 Å². The first-order valence-corrected chi connectivity index (χ1v) is 7.28. The third-order valence-electron chi connectivity index (χ3n) is 3.71. The Hall–Kier alpha value is -2.49. The van der Waals surface area contributed by atoms with Crippen molar-refractivity contribution in [1.29, 1.82) is 0 Å². The Morgan fingerprint density at radius 2 is 1.86 bits per heavy atom. The Morgan fingerprint density at radius 1 is 1.05 bits per heavy atom. The number of aliphatic imine (C=N–C) groups is 1. The lowest BCUT2D eigenvalue weighted by atomic mass is 10.0. The Bertz CT molecular complexity index is 680. The summed E-state index contributed by atoms with van der Waals surface area (Å²) in [4.78, 5) is 4.36. The number of hydrogen-bond acceptors (Lipinski definition) is 4. The van der Waals surface area contributed by atoms with E-state index in [2.05, 4.69) is 4.99 Å². The van der Waals surface area contributed by atoms with Crippen molar-refractivity contribution >= 4 is 6.21 Å². The smallest absolute Gasteiger partial charge is 0.204 e. The minimum absolute atomic E-state index is 0.477. The van der Waals surface area contributed by atoms with Crippen molar-refractivity contribution in [3.63, 3.8) is 0 Å². The molecular weight excluding hydrogens is 278 g/mol. The molecule has 0 unspecified atom stereocenters. The fourth-order valence-corrected chi connectivity index (χ4v) is 2.59. The van der Waals surface area contributed by atoms with E-state index in [4.69, 9.17) is 14.2 Å². The van der Waals surface area contributed by atoms with E-state index in [9.17, 15) is 0 Å². The van der Waals surface area contributed by atoms with Crippen molar-refractivity contribution in [1.82, 2.24) is 0 Å². The summed E-state index contributed by atoms with van der Waals surface area (Å²) >= 11 is 0. The molecule has 3 rings (SSSR count). The van der Waals surface area contributed by atoms with Gasteiger partial charge in [0.25, 0.3) is 0 Å². The van der Waals surface area contributed by atoms with Gasteiger partial charge in [0, 0.05) is 18.3 Å². The molecule has 0 saturated carbocycles. The van der Waals surface area contributed by atoms with Crippen LogP contribution in [0.25, 0.3) is 0 Å². The van der Waals surface area contributed by atoms with E-state index < -0.39 is 0 Å². The van der Waals surface area contributed by atoms with Gasteiger partial charge < -0.3 is 14.2 Å². The highest BCUT2D eigenvalue weighted by molar-refractivity contribution is 5.89. The van der Waals surface area contributed by atoms with Crippen LogP contribution in [0.2, 0.25) is 0 Å². The van der Waals surface area contributed by atoms with E-state index in [0.717, 1.165) is 24.1 Å². The fraction of sp³-hybridized carbons (Fsp3) is 0.278. The van der Waals surface area contributed by atoms with Gasteiger partial charge in [-0.15, -0.1) is 0 Å². The lowest BCUT2D eigenvalue weighted by Gasteiger charge is -2.20. The highest BCUT2D eigenvalue weighted by Gasteiger charge is 2.21. The summed E-state index contributed by atoms with van der Waals surface area (Å²) in [5.74, 6) is 2.01. The first-order valence-electron chi connectivity index (χ1n) is 7.28. The average Bonchev–Trinajstić information content (AvgIpc) is 2.59. The molecule has 0 fully saturated rings. The summed E-state index contributed by atoms with van der Waals surface area (Å²) < 4.78 is 17.0. The van der Waals surface area contributed by atoms with E-state index in [-0.39, 0.29) is 0 Å². The zero-order valence-electron chi connectivity index (χ0n) is 12.8. The maximum absolute atomic E-state index is 6.06. The fourth-order valence-electron chi connectivity index (χ4n) is 2.59. The number of hydrogen-bond donors (Lipinski definition) is 0. The van der Waals surface area contributed by atoms with Crippen LogP contribution >= 0.6 is 0 Å². The lowest BCUT2D eigenvalue weighted by Crippen LogP contribution is -2.09. The zero-order valence-corrected chi connectivity index (χ0v) is 12.8. The largest absolute Gasteiger partial charge is 0.493 e. The second-order valence-electron chi connectivity index (χ2n) is 5.07. The second kappa shape index (κ2) is 6.52. The highest BCUT2D eigenvalue weighted by Crippen LogP contribution is 2.42. The molecule has 114 valence electrons. The van der Waals surface area contributed by atoms with Crippen LogP contribution < -0.4 is 14.2 Å². The van der Waals surface area contributed by atoms with Gasteiger partial charge in [0.2, 0.25) is 5.75 Å². The number of rotatable bonds is 5. The van der Waals surface area contributed by atoms with Crippen LogP contribution in [-0.4, -0.2) is 27.0 Å². The summed E-state index contributed by atoms with van der Waals surface area (Å²) in [6.07, 6.45) is 2.75. The Morgan fingerprint density at radius 3 is 2.59 bits per heavy atom. The van der Waals surface area contributed by atoms with E-state index >= 15 is 0 Å². The van der Waals surface area contributed by atoms with Gasteiger partial charge in [-0.3, -0.25) is 4.99 Å². The first-order chi connectivity index (χ1) is 10.8. The number of methoxy groups -OCH3 is 2. The van der Waals surface area contributed by atoms with E-state index in [0.29, 0.717) is 23.9 Å². The topological polar surface area (TPSA) is 40.0 Å². The van der Waals surface area contributed by atoms with Gasteiger partial charge in [-0.2, -0.15) is 0 Å². The molecule has 0 atom stereocenters. The third kappa shape index (κ3) is 2.77. The summed E-state index contributed by atoms with van der Waals surface area (Å²) in [7, 11) is 3.27. The van der Waals surface area contributed by atoms with Crippen molar-refractivity contribution < 1.29 is 14.2 Å². The van der Waals surface area contributed by atoms with Crippen LogP contribution in [0.4, 0.5) is 0 Å². The normalized spacial score (nSPS) is 12.6. The molecule has 2 aromatic rings. The third-order valence-corrected chi connectivity index (χ3v) is 3.71. The zero-order chi connectivity index (χ0) is 15.4. The highest BCUT2D eigenvalue weighted by atomic mass is 16.5. The minimum Gasteiger partial charge on any atom is -0.493 e. The number of ether oxygens (including phenoxy) is 3. The van der Waals surface area contributed by atoms with Gasteiger partial charge in [-0.25, -0.2) is 0 Å². The van der Waals surface area contributed by atoms with Gasteiger partial charge in [-0.1, -0.05) is 30.3 Å². The molecule has 22 heavy (non-hydrogen) atoms. The molecule has 0 aromatic heterocycles. The van der Waals surface area contributed by atoms with Crippen molar-refractivity contribution in [2.45, 2.75) is 13.0 Å². The molecule has 0 spiro atoms.